The highest BCUT2D eigenvalue weighted by atomic mass is 16.5. The van der Waals surface area contributed by atoms with Gasteiger partial charge in [0.1, 0.15) is 5.75 Å². The zero-order valence-corrected chi connectivity index (χ0v) is 12.6. The maximum Gasteiger partial charge on any atom is 0.118 e. The van der Waals surface area contributed by atoms with Gasteiger partial charge in [-0.15, -0.1) is 0 Å². The van der Waals surface area contributed by atoms with Crippen molar-refractivity contribution in [1.29, 1.82) is 0 Å². The number of pyridine rings is 1. The van der Waals surface area contributed by atoms with Crippen molar-refractivity contribution in [1.82, 2.24) is 9.88 Å². The number of likely N-dealkylation sites (N-methyl/N-ethyl adjacent to an activating group) is 1. The lowest BCUT2D eigenvalue weighted by Gasteiger charge is -2.24. The van der Waals surface area contributed by atoms with E-state index < -0.39 is 6.10 Å². The Morgan fingerprint density at radius 2 is 1.81 bits per heavy atom. The molecule has 0 aliphatic heterocycles. The fourth-order valence-corrected chi connectivity index (χ4v) is 2.23. The lowest BCUT2D eigenvalue weighted by Crippen LogP contribution is -2.28. The Labute approximate surface area is 126 Å². The Morgan fingerprint density at radius 3 is 2.38 bits per heavy atom. The molecule has 1 N–H and O–H groups in total. The number of benzene rings is 1. The Kier molecular flexibility index (Phi) is 5.72. The quantitative estimate of drug-likeness (QED) is 0.850. The third-order valence-corrected chi connectivity index (χ3v) is 3.53. The molecule has 0 radical (unpaired) electrons. The number of rotatable bonds is 7. The van der Waals surface area contributed by atoms with E-state index in [4.69, 9.17) is 4.74 Å². The second kappa shape index (κ2) is 7.76. The summed E-state index contributed by atoms with van der Waals surface area (Å²) < 4.78 is 5.13. The van der Waals surface area contributed by atoms with Crippen molar-refractivity contribution in [3.63, 3.8) is 0 Å². The van der Waals surface area contributed by atoms with Crippen LogP contribution in [0.2, 0.25) is 0 Å². The first-order valence-corrected chi connectivity index (χ1v) is 7.16. The molecule has 0 spiro atoms. The highest BCUT2D eigenvalue weighted by Gasteiger charge is 2.13. The molecule has 0 aliphatic carbocycles. The second-order valence-electron chi connectivity index (χ2n) is 4.97. The molecule has 4 nitrogen and oxygen atoms in total. The topological polar surface area (TPSA) is 45.6 Å². The summed E-state index contributed by atoms with van der Waals surface area (Å²) in [6.07, 6.45) is 3.09. The van der Waals surface area contributed by atoms with Crippen LogP contribution in [0.1, 0.15) is 24.2 Å². The van der Waals surface area contributed by atoms with Crippen LogP contribution in [-0.4, -0.2) is 35.2 Å². The molecular formula is C17H22N2O2. The van der Waals surface area contributed by atoms with E-state index in [1.54, 1.807) is 19.5 Å². The molecule has 1 atom stereocenters. The lowest BCUT2D eigenvalue weighted by atomic mass is 10.1. The molecular weight excluding hydrogens is 264 g/mol. The fourth-order valence-electron chi connectivity index (χ4n) is 2.23. The molecule has 2 aromatic rings. The van der Waals surface area contributed by atoms with Crippen LogP contribution in [-0.2, 0) is 6.54 Å². The van der Waals surface area contributed by atoms with Crippen molar-refractivity contribution < 1.29 is 9.84 Å². The van der Waals surface area contributed by atoms with E-state index >= 15 is 0 Å². The molecule has 0 fully saturated rings. The normalized spacial score (nSPS) is 12.4. The molecule has 1 unspecified atom stereocenters. The number of ether oxygens (including phenoxy) is 1. The molecule has 1 heterocycles. The maximum absolute atomic E-state index is 10.4. The standard InChI is InChI=1S/C17H22N2O2/c1-3-19(12-14-8-10-18-11-9-14)13-17(20)15-4-6-16(21-2)7-5-15/h4-11,17,20H,3,12-13H2,1-2H3. The van der Waals surface area contributed by atoms with Gasteiger partial charge in [-0.25, -0.2) is 0 Å². The minimum absolute atomic E-state index is 0.502. The van der Waals surface area contributed by atoms with Gasteiger partial charge in [-0.2, -0.15) is 0 Å². The van der Waals surface area contributed by atoms with Crippen LogP contribution in [0.3, 0.4) is 0 Å². The van der Waals surface area contributed by atoms with E-state index in [0.717, 1.165) is 24.4 Å². The number of aromatic nitrogens is 1. The van der Waals surface area contributed by atoms with Crippen molar-refractivity contribution in [3.8, 4) is 5.75 Å². The molecule has 0 amide bonds. The summed E-state index contributed by atoms with van der Waals surface area (Å²) in [7, 11) is 1.64. The average molecular weight is 286 g/mol. The summed E-state index contributed by atoms with van der Waals surface area (Å²) >= 11 is 0. The van der Waals surface area contributed by atoms with E-state index in [-0.39, 0.29) is 0 Å². The van der Waals surface area contributed by atoms with Gasteiger partial charge in [0.15, 0.2) is 0 Å². The number of hydrogen-bond acceptors (Lipinski definition) is 4. The predicted molar refractivity (Wildman–Crippen MR) is 83.1 cm³/mol. The molecule has 0 aliphatic rings. The third kappa shape index (κ3) is 4.55. The summed E-state index contributed by atoms with van der Waals surface area (Å²) in [5, 5.41) is 10.4. The van der Waals surface area contributed by atoms with Gasteiger partial charge in [0.2, 0.25) is 0 Å². The first-order chi connectivity index (χ1) is 10.2. The van der Waals surface area contributed by atoms with Crippen molar-refractivity contribution in [2.45, 2.75) is 19.6 Å². The summed E-state index contributed by atoms with van der Waals surface area (Å²) in [5.74, 6) is 0.801. The molecule has 1 aromatic carbocycles. The van der Waals surface area contributed by atoms with Crippen LogP contribution in [0, 0.1) is 0 Å². The SMILES string of the molecule is CCN(Cc1ccncc1)CC(O)c1ccc(OC)cc1. The van der Waals surface area contributed by atoms with Gasteiger partial charge >= 0.3 is 0 Å². The maximum atomic E-state index is 10.4. The van der Waals surface area contributed by atoms with Gasteiger partial charge in [0.25, 0.3) is 0 Å². The number of methoxy groups -OCH3 is 1. The van der Waals surface area contributed by atoms with E-state index in [1.165, 1.54) is 5.56 Å². The zero-order chi connectivity index (χ0) is 15.1. The summed E-state index contributed by atoms with van der Waals surface area (Å²) in [6.45, 7) is 4.40. The molecule has 21 heavy (non-hydrogen) atoms. The number of hydrogen-bond donors (Lipinski definition) is 1. The summed E-state index contributed by atoms with van der Waals surface area (Å²) in [4.78, 5) is 6.24. The first-order valence-electron chi connectivity index (χ1n) is 7.16. The fraction of sp³-hybridized carbons (Fsp3) is 0.353. The van der Waals surface area contributed by atoms with Crippen LogP contribution >= 0.6 is 0 Å². The second-order valence-corrected chi connectivity index (χ2v) is 4.97. The number of nitrogens with zero attached hydrogens (tertiary/aromatic N) is 2. The van der Waals surface area contributed by atoms with Gasteiger partial charge in [0, 0.05) is 25.5 Å². The van der Waals surface area contributed by atoms with Crippen LogP contribution in [0.15, 0.2) is 48.8 Å². The smallest absolute Gasteiger partial charge is 0.118 e. The van der Waals surface area contributed by atoms with E-state index in [9.17, 15) is 5.11 Å². The van der Waals surface area contributed by atoms with Crippen LogP contribution < -0.4 is 4.74 Å². The largest absolute Gasteiger partial charge is 0.497 e. The Bertz CT molecular complexity index is 528. The van der Waals surface area contributed by atoms with E-state index in [1.807, 2.05) is 36.4 Å². The van der Waals surface area contributed by atoms with Crippen molar-refractivity contribution in [2.75, 3.05) is 20.2 Å². The molecule has 0 saturated carbocycles. The Hall–Kier alpha value is -1.91. The summed E-state index contributed by atoms with van der Waals surface area (Å²) in [5.41, 5.74) is 2.11. The Balaban J connectivity index is 1.96. The van der Waals surface area contributed by atoms with Crippen molar-refractivity contribution in [3.05, 3.63) is 59.9 Å². The monoisotopic (exact) mass is 286 g/mol. The van der Waals surface area contributed by atoms with Crippen LogP contribution in [0.4, 0.5) is 0 Å². The van der Waals surface area contributed by atoms with Gasteiger partial charge in [0.05, 0.1) is 13.2 Å². The van der Waals surface area contributed by atoms with Crippen LogP contribution in [0.25, 0.3) is 0 Å². The molecule has 0 bridgehead atoms. The minimum Gasteiger partial charge on any atom is -0.497 e. The van der Waals surface area contributed by atoms with E-state index in [2.05, 4.69) is 16.8 Å². The van der Waals surface area contributed by atoms with Gasteiger partial charge in [-0.3, -0.25) is 9.88 Å². The highest BCUT2D eigenvalue weighted by Crippen LogP contribution is 2.19. The van der Waals surface area contributed by atoms with Crippen molar-refractivity contribution >= 4 is 0 Å². The van der Waals surface area contributed by atoms with Crippen molar-refractivity contribution in [2.24, 2.45) is 0 Å². The number of aliphatic hydroxyl groups is 1. The van der Waals surface area contributed by atoms with Gasteiger partial charge in [-0.1, -0.05) is 19.1 Å². The molecule has 0 saturated heterocycles. The first kappa shape index (κ1) is 15.5. The van der Waals surface area contributed by atoms with Crippen LogP contribution in [0.5, 0.6) is 5.75 Å². The molecule has 2 rings (SSSR count). The molecule has 1 aromatic heterocycles. The number of aliphatic hydroxyl groups excluding tert-OH is 1. The minimum atomic E-state index is -0.502. The summed E-state index contributed by atoms with van der Waals surface area (Å²) in [6, 6.07) is 11.6. The predicted octanol–water partition coefficient (Wildman–Crippen LogP) is 2.65. The highest BCUT2D eigenvalue weighted by molar-refractivity contribution is 5.28. The zero-order valence-electron chi connectivity index (χ0n) is 12.6. The third-order valence-electron chi connectivity index (χ3n) is 3.53. The van der Waals surface area contributed by atoms with Gasteiger partial charge in [-0.05, 0) is 41.9 Å². The Morgan fingerprint density at radius 1 is 1.14 bits per heavy atom. The average Bonchev–Trinajstić information content (AvgIpc) is 2.55. The lowest BCUT2D eigenvalue weighted by molar-refractivity contribution is 0.112. The van der Waals surface area contributed by atoms with E-state index in [0.29, 0.717) is 6.54 Å². The molecule has 112 valence electrons. The molecule has 4 heteroatoms. The van der Waals surface area contributed by atoms with Gasteiger partial charge < -0.3 is 9.84 Å².